The molecule has 0 atom stereocenters. The number of carbonyl (C=O) groups is 1. The molecular weight excluding hydrogens is 270 g/mol. The highest BCUT2D eigenvalue weighted by atomic mass is 16.5. The number of hydrogen-bond acceptors (Lipinski definition) is 4. The number of ether oxygens (including phenoxy) is 2. The van der Waals surface area contributed by atoms with Crippen molar-refractivity contribution in [2.24, 2.45) is 0 Å². The molecule has 0 saturated heterocycles. The number of methoxy groups -OCH3 is 1. The minimum atomic E-state index is -0.727. The predicted molar refractivity (Wildman–Crippen MR) is 80.0 cm³/mol. The van der Waals surface area contributed by atoms with Crippen LogP contribution < -0.4 is 9.47 Å². The highest BCUT2D eigenvalue weighted by Gasteiger charge is 2.28. The van der Waals surface area contributed by atoms with Gasteiger partial charge in [-0.2, -0.15) is 0 Å². The van der Waals surface area contributed by atoms with Crippen LogP contribution in [0, 0.1) is 0 Å². The maximum absolute atomic E-state index is 10.7. The lowest BCUT2D eigenvalue weighted by Crippen LogP contribution is -2.30. The molecule has 0 amide bonds. The minimum Gasteiger partial charge on any atom is -0.497 e. The second-order valence-electron chi connectivity index (χ2n) is 5.29. The van der Waals surface area contributed by atoms with E-state index in [9.17, 15) is 4.79 Å². The van der Waals surface area contributed by atoms with E-state index in [0.29, 0.717) is 19.2 Å². The number of carboxylic acids is 1. The molecule has 0 heterocycles. The quantitative estimate of drug-likeness (QED) is 0.671. The topological polar surface area (TPSA) is 59.0 Å². The van der Waals surface area contributed by atoms with Crippen LogP contribution in [-0.2, 0) is 4.79 Å². The molecule has 1 aliphatic carbocycles. The molecule has 1 aromatic rings. The van der Waals surface area contributed by atoms with Gasteiger partial charge in [0.2, 0.25) is 0 Å². The van der Waals surface area contributed by atoms with Gasteiger partial charge in [-0.05, 0) is 43.5 Å². The summed E-state index contributed by atoms with van der Waals surface area (Å²) in [5.74, 6) is 0.922. The Morgan fingerprint density at radius 3 is 2.48 bits per heavy atom. The van der Waals surface area contributed by atoms with Crippen molar-refractivity contribution in [2.45, 2.75) is 31.7 Å². The standard InChI is InChI=1S/C16H23NO4/c1-20-14-5-7-15(8-6-14)21-12-2-10-17(13-3-4-13)11-9-16(18)19/h5-8,13H,2-4,9-12H2,1H3,(H,18,19). The van der Waals surface area contributed by atoms with E-state index in [2.05, 4.69) is 4.90 Å². The molecule has 0 bridgehead atoms. The Hall–Kier alpha value is -1.75. The van der Waals surface area contributed by atoms with Crippen LogP contribution in [0.4, 0.5) is 0 Å². The number of aliphatic carboxylic acids is 1. The fourth-order valence-corrected chi connectivity index (χ4v) is 2.29. The molecule has 0 unspecified atom stereocenters. The van der Waals surface area contributed by atoms with Crippen molar-refractivity contribution in [1.82, 2.24) is 4.90 Å². The Bertz CT molecular complexity index is 442. The Labute approximate surface area is 125 Å². The van der Waals surface area contributed by atoms with Crippen molar-refractivity contribution in [3.05, 3.63) is 24.3 Å². The third-order valence-electron chi connectivity index (χ3n) is 3.59. The number of carboxylic acid groups (broad SMARTS) is 1. The summed E-state index contributed by atoms with van der Waals surface area (Å²) < 4.78 is 10.8. The first-order chi connectivity index (χ1) is 10.2. The molecule has 21 heavy (non-hydrogen) atoms. The molecule has 1 aliphatic rings. The maximum atomic E-state index is 10.7. The zero-order valence-electron chi connectivity index (χ0n) is 12.5. The van der Waals surface area contributed by atoms with Gasteiger partial charge in [0, 0.05) is 19.1 Å². The smallest absolute Gasteiger partial charge is 0.304 e. The van der Waals surface area contributed by atoms with E-state index in [0.717, 1.165) is 24.5 Å². The van der Waals surface area contributed by atoms with Crippen molar-refractivity contribution >= 4 is 5.97 Å². The number of hydrogen-bond donors (Lipinski definition) is 1. The van der Waals surface area contributed by atoms with Crippen molar-refractivity contribution in [3.63, 3.8) is 0 Å². The van der Waals surface area contributed by atoms with E-state index in [-0.39, 0.29) is 6.42 Å². The van der Waals surface area contributed by atoms with Gasteiger partial charge in [0.05, 0.1) is 20.1 Å². The average molecular weight is 293 g/mol. The SMILES string of the molecule is COc1ccc(OCCCN(CCC(=O)O)C2CC2)cc1. The highest BCUT2D eigenvalue weighted by Crippen LogP contribution is 2.27. The van der Waals surface area contributed by atoms with Crippen LogP contribution >= 0.6 is 0 Å². The zero-order valence-corrected chi connectivity index (χ0v) is 12.5. The number of rotatable bonds is 10. The molecule has 5 nitrogen and oxygen atoms in total. The van der Waals surface area contributed by atoms with Crippen LogP contribution in [0.1, 0.15) is 25.7 Å². The summed E-state index contributed by atoms with van der Waals surface area (Å²) in [5.41, 5.74) is 0. The molecule has 0 aliphatic heterocycles. The van der Waals surface area contributed by atoms with Gasteiger partial charge in [0.15, 0.2) is 0 Å². The second-order valence-corrected chi connectivity index (χ2v) is 5.29. The van der Waals surface area contributed by atoms with Gasteiger partial charge in [0.1, 0.15) is 11.5 Å². The van der Waals surface area contributed by atoms with Crippen LogP contribution in [0.25, 0.3) is 0 Å². The maximum Gasteiger partial charge on any atom is 0.304 e. The van der Waals surface area contributed by atoms with E-state index >= 15 is 0 Å². The van der Waals surface area contributed by atoms with Crippen molar-refractivity contribution < 1.29 is 19.4 Å². The molecule has 116 valence electrons. The number of nitrogens with zero attached hydrogens (tertiary/aromatic N) is 1. The van der Waals surface area contributed by atoms with Crippen molar-refractivity contribution in [3.8, 4) is 11.5 Å². The summed E-state index contributed by atoms with van der Waals surface area (Å²) >= 11 is 0. The molecule has 2 rings (SSSR count). The zero-order chi connectivity index (χ0) is 15.1. The third kappa shape index (κ3) is 5.63. The average Bonchev–Trinajstić information content (AvgIpc) is 3.31. The highest BCUT2D eigenvalue weighted by molar-refractivity contribution is 5.66. The largest absolute Gasteiger partial charge is 0.497 e. The fraction of sp³-hybridized carbons (Fsp3) is 0.562. The lowest BCUT2D eigenvalue weighted by molar-refractivity contribution is -0.137. The second kappa shape index (κ2) is 7.88. The Balaban J connectivity index is 1.65. The van der Waals surface area contributed by atoms with E-state index in [4.69, 9.17) is 14.6 Å². The van der Waals surface area contributed by atoms with Gasteiger partial charge in [0.25, 0.3) is 0 Å². The van der Waals surface area contributed by atoms with Gasteiger partial charge in [-0.25, -0.2) is 0 Å². The molecule has 0 radical (unpaired) electrons. The molecule has 5 heteroatoms. The summed E-state index contributed by atoms with van der Waals surface area (Å²) in [7, 11) is 1.64. The summed E-state index contributed by atoms with van der Waals surface area (Å²) in [5, 5.41) is 8.77. The van der Waals surface area contributed by atoms with Gasteiger partial charge in [-0.15, -0.1) is 0 Å². The first-order valence-electron chi connectivity index (χ1n) is 7.41. The molecule has 0 aromatic heterocycles. The monoisotopic (exact) mass is 293 g/mol. The minimum absolute atomic E-state index is 0.218. The Morgan fingerprint density at radius 2 is 1.90 bits per heavy atom. The summed E-state index contributed by atoms with van der Waals surface area (Å²) in [6.45, 7) is 2.18. The van der Waals surface area contributed by atoms with Gasteiger partial charge >= 0.3 is 5.97 Å². The van der Waals surface area contributed by atoms with Crippen LogP contribution in [-0.4, -0.2) is 48.8 Å². The Morgan fingerprint density at radius 1 is 1.24 bits per heavy atom. The molecule has 1 aromatic carbocycles. The summed E-state index contributed by atoms with van der Waals surface area (Å²) in [6, 6.07) is 8.12. The van der Waals surface area contributed by atoms with E-state index < -0.39 is 5.97 Å². The molecule has 1 N–H and O–H groups in total. The van der Waals surface area contributed by atoms with Gasteiger partial charge < -0.3 is 14.6 Å². The molecular formula is C16H23NO4. The molecule has 0 spiro atoms. The van der Waals surface area contributed by atoms with Crippen LogP contribution in [0.5, 0.6) is 11.5 Å². The fourth-order valence-electron chi connectivity index (χ4n) is 2.29. The predicted octanol–water partition coefficient (Wildman–Crippen LogP) is 2.40. The summed E-state index contributed by atoms with van der Waals surface area (Å²) in [4.78, 5) is 12.9. The van der Waals surface area contributed by atoms with Gasteiger partial charge in [-0.3, -0.25) is 9.69 Å². The first-order valence-corrected chi connectivity index (χ1v) is 7.41. The lowest BCUT2D eigenvalue weighted by atomic mass is 10.3. The first kappa shape index (κ1) is 15.6. The number of benzene rings is 1. The summed E-state index contributed by atoms with van der Waals surface area (Å²) in [6.07, 6.45) is 3.51. The van der Waals surface area contributed by atoms with E-state index in [1.165, 1.54) is 12.8 Å². The lowest BCUT2D eigenvalue weighted by Gasteiger charge is -2.21. The Kier molecular flexibility index (Phi) is 5.87. The molecule has 1 saturated carbocycles. The van der Waals surface area contributed by atoms with E-state index in [1.54, 1.807) is 7.11 Å². The third-order valence-corrected chi connectivity index (χ3v) is 3.59. The van der Waals surface area contributed by atoms with Gasteiger partial charge in [-0.1, -0.05) is 0 Å². The normalized spacial score (nSPS) is 14.2. The van der Waals surface area contributed by atoms with Crippen LogP contribution in [0.3, 0.4) is 0 Å². The van der Waals surface area contributed by atoms with Crippen LogP contribution in [0.2, 0.25) is 0 Å². The van der Waals surface area contributed by atoms with Crippen LogP contribution in [0.15, 0.2) is 24.3 Å². The van der Waals surface area contributed by atoms with E-state index in [1.807, 2.05) is 24.3 Å². The molecule has 1 fully saturated rings. The van der Waals surface area contributed by atoms with Crippen molar-refractivity contribution in [2.75, 3.05) is 26.8 Å². The van der Waals surface area contributed by atoms with Crippen molar-refractivity contribution in [1.29, 1.82) is 0 Å².